The number of nitrogens with two attached hydrogens (primary N) is 1. The standard InChI is InChI=1S/C23H15BrN2O5/c24-15-5-7-17(8-6-15)26-21(28)18-9-4-14(11-19(18)22(26)29)23(30)31-12-20(27)13-2-1-3-16(25)10-13/h1-11H,12,25H2. The predicted molar refractivity (Wildman–Crippen MR) is 117 cm³/mol. The van der Waals surface area contributed by atoms with Crippen LogP contribution in [-0.2, 0) is 4.74 Å². The molecule has 0 fully saturated rings. The van der Waals surface area contributed by atoms with Gasteiger partial charge >= 0.3 is 5.97 Å². The van der Waals surface area contributed by atoms with Gasteiger partial charge in [-0.15, -0.1) is 0 Å². The van der Waals surface area contributed by atoms with Gasteiger partial charge in [0.25, 0.3) is 11.8 Å². The third-order valence-electron chi connectivity index (χ3n) is 4.75. The summed E-state index contributed by atoms with van der Waals surface area (Å²) in [4.78, 5) is 51.2. The van der Waals surface area contributed by atoms with Gasteiger partial charge in [0.05, 0.1) is 22.4 Å². The lowest BCUT2D eigenvalue weighted by molar-refractivity contribution is 0.0474. The molecule has 0 spiro atoms. The molecule has 0 bridgehead atoms. The first-order valence-corrected chi connectivity index (χ1v) is 9.99. The summed E-state index contributed by atoms with van der Waals surface area (Å²) in [6.07, 6.45) is 0. The van der Waals surface area contributed by atoms with Crippen molar-refractivity contribution in [2.45, 2.75) is 0 Å². The molecule has 4 rings (SSSR count). The van der Waals surface area contributed by atoms with Crippen LogP contribution in [0, 0.1) is 0 Å². The lowest BCUT2D eigenvalue weighted by atomic mass is 10.1. The van der Waals surface area contributed by atoms with E-state index >= 15 is 0 Å². The normalized spacial score (nSPS) is 12.6. The number of Topliss-reactive ketones (excluding diaryl/α,β-unsaturated/α-hetero) is 1. The highest BCUT2D eigenvalue weighted by atomic mass is 79.9. The van der Waals surface area contributed by atoms with Crippen molar-refractivity contribution in [2.24, 2.45) is 0 Å². The van der Waals surface area contributed by atoms with E-state index in [0.29, 0.717) is 16.9 Å². The number of hydrogen-bond donors (Lipinski definition) is 1. The molecular formula is C23H15BrN2O5. The summed E-state index contributed by atoms with van der Waals surface area (Å²) in [7, 11) is 0. The predicted octanol–water partition coefficient (Wildman–Crippen LogP) is 3.87. The fourth-order valence-electron chi connectivity index (χ4n) is 3.20. The summed E-state index contributed by atoms with van der Waals surface area (Å²) in [6, 6.07) is 17.2. The number of nitrogen functional groups attached to an aromatic ring is 1. The summed E-state index contributed by atoms with van der Waals surface area (Å²) in [6.45, 7) is -0.475. The van der Waals surface area contributed by atoms with Crippen LogP contribution in [0.5, 0.6) is 0 Å². The highest BCUT2D eigenvalue weighted by molar-refractivity contribution is 9.10. The molecule has 154 valence electrons. The monoisotopic (exact) mass is 478 g/mol. The number of anilines is 2. The number of esters is 1. The maximum atomic E-state index is 12.8. The lowest BCUT2D eigenvalue weighted by Crippen LogP contribution is -2.29. The van der Waals surface area contributed by atoms with Crippen molar-refractivity contribution in [3.63, 3.8) is 0 Å². The molecule has 3 aromatic carbocycles. The molecule has 0 atom stereocenters. The fraction of sp³-hybridized carbons (Fsp3) is 0.0435. The van der Waals surface area contributed by atoms with Gasteiger partial charge in [0.2, 0.25) is 0 Å². The van der Waals surface area contributed by atoms with Crippen molar-refractivity contribution in [3.8, 4) is 0 Å². The number of rotatable bonds is 5. The number of amides is 2. The largest absolute Gasteiger partial charge is 0.454 e. The van der Waals surface area contributed by atoms with Crippen molar-refractivity contribution < 1.29 is 23.9 Å². The minimum Gasteiger partial charge on any atom is -0.454 e. The molecule has 0 aliphatic carbocycles. The van der Waals surface area contributed by atoms with E-state index in [1.54, 1.807) is 42.5 Å². The molecule has 1 aliphatic heterocycles. The number of ketones is 1. The smallest absolute Gasteiger partial charge is 0.338 e. The third-order valence-corrected chi connectivity index (χ3v) is 5.28. The van der Waals surface area contributed by atoms with E-state index in [-0.39, 0.29) is 16.7 Å². The Morgan fingerprint density at radius 1 is 0.871 bits per heavy atom. The number of hydrogen-bond acceptors (Lipinski definition) is 6. The van der Waals surface area contributed by atoms with E-state index in [1.807, 2.05) is 0 Å². The first-order chi connectivity index (χ1) is 14.8. The lowest BCUT2D eigenvalue weighted by Gasteiger charge is -2.13. The van der Waals surface area contributed by atoms with Crippen molar-refractivity contribution in [1.29, 1.82) is 0 Å². The van der Waals surface area contributed by atoms with Gasteiger partial charge in [-0.25, -0.2) is 9.69 Å². The van der Waals surface area contributed by atoms with Crippen LogP contribution in [0.2, 0.25) is 0 Å². The van der Waals surface area contributed by atoms with Crippen LogP contribution in [0.1, 0.15) is 41.4 Å². The molecule has 0 aromatic heterocycles. The number of halogens is 1. The topological polar surface area (TPSA) is 107 Å². The summed E-state index contributed by atoms with van der Waals surface area (Å²) in [5.74, 6) is -2.19. The van der Waals surface area contributed by atoms with Gasteiger partial charge in [0.15, 0.2) is 12.4 Å². The SMILES string of the molecule is Nc1cccc(C(=O)COC(=O)c2ccc3c(c2)C(=O)N(c2ccc(Br)cc2)C3=O)c1. The number of fused-ring (bicyclic) bond motifs is 1. The minimum absolute atomic E-state index is 0.0675. The van der Waals surface area contributed by atoms with Crippen LogP contribution in [0.3, 0.4) is 0 Å². The zero-order chi connectivity index (χ0) is 22.1. The van der Waals surface area contributed by atoms with Gasteiger partial charge in [-0.2, -0.15) is 0 Å². The average molecular weight is 479 g/mol. The molecule has 7 nitrogen and oxygen atoms in total. The van der Waals surface area contributed by atoms with Gasteiger partial charge in [-0.05, 0) is 54.6 Å². The second kappa shape index (κ2) is 8.16. The molecule has 0 saturated heterocycles. The fourth-order valence-corrected chi connectivity index (χ4v) is 3.47. The maximum Gasteiger partial charge on any atom is 0.338 e. The van der Waals surface area contributed by atoms with Crippen LogP contribution in [0.4, 0.5) is 11.4 Å². The van der Waals surface area contributed by atoms with E-state index in [2.05, 4.69) is 15.9 Å². The van der Waals surface area contributed by atoms with Crippen LogP contribution in [-0.4, -0.2) is 30.2 Å². The van der Waals surface area contributed by atoms with Crippen LogP contribution in [0.25, 0.3) is 0 Å². The third kappa shape index (κ3) is 3.97. The highest BCUT2D eigenvalue weighted by Crippen LogP contribution is 2.30. The minimum atomic E-state index is -0.776. The molecule has 8 heteroatoms. The zero-order valence-corrected chi connectivity index (χ0v) is 17.6. The summed E-state index contributed by atoms with van der Waals surface area (Å²) in [5, 5.41) is 0. The average Bonchev–Trinajstić information content (AvgIpc) is 3.02. The summed E-state index contributed by atoms with van der Waals surface area (Å²) in [5.41, 5.74) is 7.19. The Morgan fingerprint density at radius 3 is 2.29 bits per heavy atom. The van der Waals surface area contributed by atoms with E-state index in [9.17, 15) is 19.2 Å². The first kappa shape index (κ1) is 20.5. The van der Waals surface area contributed by atoms with E-state index < -0.39 is 30.2 Å². The van der Waals surface area contributed by atoms with Crippen molar-refractivity contribution >= 4 is 50.9 Å². The van der Waals surface area contributed by atoms with Crippen LogP contribution in [0.15, 0.2) is 71.2 Å². The molecule has 0 radical (unpaired) electrons. The molecule has 31 heavy (non-hydrogen) atoms. The van der Waals surface area contributed by atoms with Gasteiger partial charge in [-0.3, -0.25) is 14.4 Å². The van der Waals surface area contributed by atoms with Crippen molar-refractivity contribution in [1.82, 2.24) is 0 Å². The van der Waals surface area contributed by atoms with Crippen molar-refractivity contribution in [2.75, 3.05) is 17.2 Å². The number of nitrogens with zero attached hydrogens (tertiary/aromatic N) is 1. The number of carbonyl (C=O) groups excluding carboxylic acids is 4. The second-order valence-corrected chi connectivity index (χ2v) is 7.72. The second-order valence-electron chi connectivity index (χ2n) is 6.81. The Balaban J connectivity index is 1.51. The van der Waals surface area contributed by atoms with E-state index in [0.717, 1.165) is 9.37 Å². The van der Waals surface area contributed by atoms with Gasteiger partial charge in [0.1, 0.15) is 0 Å². The molecular weight excluding hydrogens is 464 g/mol. The number of imide groups is 1. The molecule has 1 heterocycles. The van der Waals surface area contributed by atoms with Gasteiger partial charge in [0, 0.05) is 15.7 Å². The van der Waals surface area contributed by atoms with E-state index in [4.69, 9.17) is 10.5 Å². The zero-order valence-electron chi connectivity index (χ0n) is 16.0. The summed E-state index contributed by atoms with van der Waals surface area (Å²) < 4.78 is 5.90. The number of benzene rings is 3. The quantitative estimate of drug-likeness (QED) is 0.258. The van der Waals surface area contributed by atoms with Crippen molar-refractivity contribution in [3.05, 3.63) is 93.5 Å². The molecule has 2 N–H and O–H groups in total. The highest BCUT2D eigenvalue weighted by Gasteiger charge is 2.37. The Hall–Kier alpha value is -3.78. The molecule has 3 aromatic rings. The first-order valence-electron chi connectivity index (χ1n) is 9.19. The van der Waals surface area contributed by atoms with Crippen LogP contribution >= 0.6 is 15.9 Å². The maximum absolute atomic E-state index is 12.8. The number of ether oxygens (including phenoxy) is 1. The Kier molecular flexibility index (Phi) is 5.39. The Bertz CT molecular complexity index is 1240. The molecule has 0 unspecified atom stereocenters. The Morgan fingerprint density at radius 2 is 1.58 bits per heavy atom. The molecule has 1 aliphatic rings. The summed E-state index contributed by atoms with van der Waals surface area (Å²) >= 11 is 3.31. The molecule has 0 saturated carbocycles. The van der Waals surface area contributed by atoms with Gasteiger partial charge < -0.3 is 10.5 Å². The number of carbonyl (C=O) groups is 4. The van der Waals surface area contributed by atoms with Crippen LogP contribution < -0.4 is 10.6 Å². The Labute approximate surface area is 185 Å². The van der Waals surface area contributed by atoms with E-state index in [1.165, 1.54) is 24.3 Å². The molecule has 2 amide bonds. The van der Waals surface area contributed by atoms with Gasteiger partial charge in [-0.1, -0.05) is 28.1 Å².